The molecule has 1 amide bonds. The fourth-order valence-electron chi connectivity index (χ4n) is 1.97. The molecule has 1 unspecified atom stereocenters. The molecule has 1 heterocycles. The Bertz CT molecular complexity index is 439. The summed E-state index contributed by atoms with van der Waals surface area (Å²) in [5.41, 5.74) is 0.618. The molecule has 5 heteroatoms. The van der Waals surface area contributed by atoms with Gasteiger partial charge in [0.05, 0.1) is 0 Å². The summed E-state index contributed by atoms with van der Waals surface area (Å²) in [5.74, 6) is -1.35. The van der Waals surface area contributed by atoms with Gasteiger partial charge in [-0.25, -0.2) is 8.78 Å². The van der Waals surface area contributed by atoms with E-state index >= 15 is 0 Å². The molecule has 0 radical (unpaired) electrons. The molecule has 2 rings (SSSR count). The number of nitrogens with zero attached hydrogens (tertiary/aromatic N) is 1. The van der Waals surface area contributed by atoms with Crippen molar-refractivity contribution in [3.8, 4) is 0 Å². The molecule has 0 bridgehead atoms. The number of carbonyl (C=O) groups is 1. The Labute approximate surface area is 107 Å². The smallest absolute Gasteiger partial charge is 0.223 e. The lowest BCUT2D eigenvalue weighted by atomic mass is 10.1. The van der Waals surface area contributed by atoms with Gasteiger partial charge in [-0.3, -0.25) is 4.79 Å². The summed E-state index contributed by atoms with van der Waals surface area (Å²) in [6.45, 7) is 1.02. The van der Waals surface area contributed by atoms with Crippen LogP contribution in [0.25, 0.3) is 0 Å². The molecule has 0 saturated carbocycles. The van der Waals surface area contributed by atoms with Crippen LogP contribution < -0.4 is 0 Å². The lowest BCUT2D eigenvalue weighted by molar-refractivity contribution is -0.128. The summed E-state index contributed by atoms with van der Waals surface area (Å²) in [7, 11) is 0. The van der Waals surface area contributed by atoms with Gasteiger partial charge in [-0.15, -0.1) is 0 Å². The van der Waals surface area contributed by atoms with E-state index in [4.69, 9.17) is 0 Å². The van der Waals surface area contributed by atoms with Gasteiger partial charge in [0.2, 0.25) is 5.91 Å². The first-order chi connectivity index (χ1) is 8.10. The predicted octanol–water partition coefficient (Wildman–Crippen LogP) is 2.71. The van der Waals surface area contributed by atoms with Gasteiger partial charge in [0, 0.05) is 24.8 Å². The van der Waals surface area contributed by atoms with Crippen molar-refractivity contribution in [1.82, 2.24) is 4.90 Å². The van der Waals surface area contributed by atoms with E-state index in [1.165, 1.54) is 6.07 Å². The highest BCUT2D eigenvalue weighted by atomic mass is 79.9. The highest BCUT2D eigenvalue weighted by Crippen LogP contribution is 2.22. The van der Waals surface area contributed by atoms with Crippen LogP contribution in [0.4, 0.5) is 8.78 Å². The number of hydrogen-bond donors (Lipinski definition) is 0. The Hall–Kier alpha value is -0.970. The van der Waals surface area contributed by atoms with Crippen molar-refractivity contribution < 1.29 is 13.6 Å². The Morgan fingerprint density at radius 2 is 2.12 bits per heavy atom. The number of amides is 1. The van der Waals surface area contributed by atoms with Crippen molar-refractivity contribution in [2.45, 2.75) is 13.0 Å². The van der Waals surface area contributed by atoms with E-state index in [2.05, 4.69) is 15.9 Å². The molecule has 1 aromatic carbocycles. The van der Waals surface area contributed by atoms with Crippen molar-refractivity contribution in [2.24, 2.45) is 5.92 Å². The first-order valence-corrected chi connectivity index (χ1v) is 6.50. The normalized spacial score (nSPS) is 20.1. The summed E-state index contributed by atoms with van der Waals surface area (Å²) in [6, 6.07) is 3.74. The second-order valence-electron chi connectivity index (χ2n) is 4.25. The zero-order valence-corrected chi connectivity index (χ0v) is 10.7. The van der Waals surface area contributed by atoms with Crippen LogP contribution in [0.5, 0.6) is 0 Å². The number of alkyl halides is 1. The highest BCUT2D eigenvalue weighted by molar-refractivity contribution is 9.09. The Balaban J connectivity index is 2.06. The second kappa shape index (κ2) is 5.12. The maximum atomic E-state index is 13.0. The van der Waals surface area contributed by atoms with Gasteiger partial charge < -0.3 is 4.90 Å². The first-order valence-electron chi connectivity index (χ1n) is 5.38. The van der Waals surface area contributed by atoms with Gasteiger partial charge in [-0.2, -0.15) is 0 Å². The zero-order chi connectivity index (χ0) is 12.4. The fourth-order valence-corrected chi connectivity index (χ4v) is 2.40. The minimum atomic E-state index is -0.869. The molecule has 92 valence electrons. The molecular weight excluding hydrogens is 292 g/mol. The fraction of sp³-hybridized carbons (Fsp3) is 0.417. The van der Waals surface area contributed by atoms with Crippen LogP contribution in [-0.2, 0) is 11.3 Å². The van der Waals surface area contributed by atoms with Crippen molar-refractivity contribution >= 4 is 21.8 Å². The Kier molecular flexibility index (Phi) is 3.76. The molecule has 1 aliphatic heterocycles. The lowest BCUT2D eigenvalue weighted by Gasteiger charge is -2.16. The zero-order valence-electron chi connectivity index (χ0n) is 9.13. The molecule has 0 spiro atoms. The topological polar surface area (TPSA) is 20.3 Å². The Morgan fingerprint density at radius 3 is 2.71 bits per heavy atom. The largest absolute Gasteiger partial charge is 0.338 e. The average molecular weight is 304 g/mol. The van der Waals surface area contributed by atoms with Gasteiger partial charge in [-0.05, 0) is 23.6 Å². The molecule has 1 fully saturated rings. The first kappa shape index (κ1) is 12.5. The van der Waals surface area contributed by atoms with Crippen LogP contribution in [0.15, 0.2) is 18.2 Å². The molecule has 1 aliphatic rings. The van der Waals surface area contributed by atoms with E-state index in [0.717, 1.165) is 17.5 Å². The lowest BCUT2D eigenvalue weighted by Crippen LogP contribution is -2.24. The summed E-state index contributed by atoms with van der Waals surface area (Å²) < 4.78 is 25.8. The highest BCUT2D eigenvalue weighted by Gasteiger charge is 2.28. The molecule has 1 atom stereocenters. The van der Waals surface area contributed by atoms with E-state index in [1.807, 2.05) is 0 Å². The van der Waals surface area contributed by atoms with Crippen molar-refractivity contribution in [1.29, 1.82) is 0 Å². The number of benzene rings is 1. The number of rotatable bonds is 3. The summed E-state index contributed by atoms with van der Waals surface area (Å²) in [4.78, 5) is 13.3. The van der Waals surface area contributed by atoms with Crippen LogP contribution in [0.1, 0.15) is 12.0 Å². The summed E-state index contributed by atoms with van der Waals surface area (Å²) >= 11 is 3.35. The molecule has 17 heavy (non-hydrogen) atoms. The van der Waals surface area contributed by atoms with Gasteiger partial charge in [0.25, 0.3) is 0 Å². The third-order valence-electron chi connectivity index (χ3n) is 2.87. The number of hydrogen-bond acceptors (Lipinski definition) is 1. The molecule has 1 saturated heterocycles. The van der Waals surface area contributed by atoms with Crippen LogP contribution >= 0.6 is 15.9 Å². The monoisotopic (exact) mass is 303 g/mol. The van der Waals surface area contributed by atoms with Crippen LogP contribution in [0.3, 0.4) is 0 Å². The van der Waals surface area contributed by atoms with Crippen molar-refractivity contribution in [3.63, 3.8) is 0 Å². The maximum Gasteiger partial charge on any atom is 0.223 e. The number of halogens is 3. The second-order valence-corrected chi connectivity index (χ2v) is 4.89. The molecule has 0 N–H and O–H groups in total. The molecule has 0 aromatic heterocycles. The SMILES string of the molecule is O=C1CC(CBr)CN1Cc1ccc(F)c(F)c1. The van der Waals surface area contributed by atoms with Crippen LogP contribution in [0, 0.1) is 17.6 Å². The average Bonchev–Trinajstić information content (AvgIpc) is 2.65. The minimum Gasteiger partial charge on any atom is -0.338 e. The maximum absolute atomic E-state index is 13.0. The predicted molar refractivity (Wildman–Crippen MR) is 63.7 cm³/mol. The van der Waals surface area contributed by atoms with E-state index in [1.54, 1.807) is 4.90 Å². The molecule has 1 aromatic rings. The minimum absolute atomic E-state index is 0.0687. The summed E-state index contributed by atoms with van der Waals surface area (Å²) in [5, 5.41) is 0.785. The van der Waals surface area contributed by atoms with Gasteiger partial charge in [0.1, 0.15) is 0 Å². The van der Waals surface area contributed by atoms with E-state index in [0.29, 0.717) is 31.0 Å². The van der Waals surface area contributed by atoms with Gasteiger partial charge >= 0.3 is 0 Å². The van der Waals surface area contributed by atoms with E-state index in [9.17, 15) is 13.6 Å². The van der Waals surface area contributed by atoms with E-state index in [-0.39, 0.29) is 5.91 Å². The van der Waals surface area contributed by atoms with Crippen LogP contribution in [0.2, 0.25) is 0 Å². The third-order valence-corrected chi connectivity index (χ3v) is 3.79. The Morgan fingerprint density at radius 1 is 1.35 bits per heavy atom. The van der Waals surface area contributed by atoms with Crippen molar-refractivity contribution in [3.05, 3.63) is 35.4 Å². The standard InChI is InChI=1S/C12H12BrF2NO/c13-5-9-4-12(17)16(7-9)6-8-1-2-10(14)11(15)3-8/h1-3,9H,4-7H2. The van der Waals surface area contributed by atoms with Gasteiger partial charge in [0.15, 0.2) is 11.6 Å². The molecule has 0 aliphatic carbocycles. The number of carbonyl (C=O) groups excluding carboxylic acids is 1. The quantitative estimate of drug-likeness (QED) is 0.786. The molecule has 2 nitrogen and oxygen atoms in total. The number of likely N-dealkylation sites (tertiary alicyclic amines) is 1. The summed E-state index contributed by atoms with van der Waals surface area (Å²) in [6.07, 6.45) is 0.523. The van der Waals surface area contributed by atoms with Gasteiger partial charge in [-0.1, -0.05) is 22.0 Å². The third kappa shape index (κ3) is 2.83. The van der Waals surface area contributed by atoms with Crippen molar-refractivity contribution in [2.75, 3.05) is 11.9 Å². The van der Waals surface area contributed by atoms with E-state index < -0.39 is 11.6 Å². The van der Waals surface area contributed by atoms with Crippen LogP contribution in [-0.4, -0.2) is 22.7 Å². The molecular formula is C12H12BrF2NO.